The van der Waals surface area contributed by atoms with Crippen LogP contribution in [-0.2, 0) is 16.0 Å². The zero-order chi connectivity index (χ0) is 23.2. The fraction of sp³-hybridized carbons (Fsp3) is 0.714. The summed E-state index contributed by atoms with van der Waals surface area (Å²) in [5, 5.41) is 3.16. The minimum absolute atomic E-state index is 0.127. The van der Waals surface area contributed by atoms with E-state index in [9.17, 15) is 9.59 Å². The smallest absolute Gasteiger partial charge is 0.226 e. The van der Waals surface area contributed by atoms with Crippen LogP contribution < -0.4 is 5.32 Å². The number of carbonyl (C=O) groups is 2. The third-order valence-corrected chi connectivity index (χ3v) is 8.57. The molecule has 3 aliphatic rings. The van der Waals surface area contributed by atoms with Crippen molar-refractivity contribution in [3.8, 4) is 0 Å². The molecule has 2 heterocycles. The van der Waals surface area contributed by atoms with E-state index >= 15 is 0 Å². The Morgan fingerprint density at radius 3 is 2.52 bits per heavy atom. The summed E-state index contributed by atoms with van der Waals surface area (Å²) < 4.78 is 0. The van der Waals surface area contributed by atoms with E-state index in [1.54, 1.807) is 0 Å². The molecule has 4 rings (SSSR count). The number of carbonyl (C=O) groups excluding carboxylic acids is 2. The van der Waals surface area contributed by atoms with Crippen LogP contribution in [-0.4, -0.2) is 66.8 Å². The summed E-state index contributed by atoms with van der Waals surface area (Å²) in [4.78, 5) is 31.7. The highest BCUT2D eigenvalue weighted by atomic mass is 16.2. The van der Waals surface area contributed by atoms with Gasteiger partial charge in [-0.05, 0) is 56.6 Å². The summed E-state index contributed by atoms with van der Waals surface area (Å²) in [6, 6.07) is 10.9. The Hall–Kier alpha value is -1.72. The molecule has 1 saturated carbocycles. The Kier molecular flexibility index (Phi) is 8.59. The molecule has 2 saturated heterocycles. The first-order chi connectivity index (χ1) is 16.1. The van der Waals surface area contributed by atoms with Gasteiger partial charge in [-0.15, -0.1) is 0 Å². The molecular weight excluding hydrogens is 410 g/mol. The molecule has 0 aromatic heterocycles. The minimum atomic E-state index is -0.129. The molecule has 4 atom stereocenters. The Balaban J connectivity index is 1.40. The first-order valence-corrected chi connectivity index (χ1v) is 13.4. The van der Waals surface area contributed by atoms with Crippen molar-refractivity contribution in [3.05, 3.63) is 35.9 Å². The number of nitrogens with one attached hydrogen (secondary N) is 1. The molecular formula is C28H43N3O2. The maximum atomic E-state index is 13.9. The first kappa shape index (κ1) is 24.4. The molecule has 0 radical (unpaired) electrons. The van der Waals surface area contributed by atoms with Crippen molar-refractivity contribution >= 4 is 11.7 Å². The Morgan fingerprint density at radius 1 is 1.06 bits per heavy atom. The number of benzene rings is 1. The van der Waals surface area contributed by atoms with E-state index < -0.39 is 0 Å². The van der Waals surface area contributed by atoms with Gasteiger partial charge < -0.3 is 15.1 Å². The lowest BCUT2D eigenvalue weighted by Crippen LogP contribution is -2.46. The SMILES string of the molecule is CC[C@H](NC)C(=O)C[C@H](C(=O)N1CC[C@H]2CN(CCc3ccccc3)C[C@H]21)C1CCCCC1. The average molecular weight is 454 g/mol. The molecule has 1 aromatic carbocycles. The minimum Gasteiger partial charge on any atom is -0.338 e. The number of rotatable bonds is 10. The second-order valence-corrected chi connectivity index (χ2v) is 10.6. The first-order valence-electron chi connectivity index (χ1n) is 13.4. The van der Waals surface area contributed by atoms with Gasteiger partial charge in [0.25, 0.3) is 0 Å². The Labute approximate surface area is 200 Å². The summed E-state index contributed by atoms with van der Waals surface area (Å²) in [7, 11) is 1.86. The van der Waals surface area contributed by atoms with Gasteiger partial charge in [-0.3, -0.25) is 9.59 Å². The van der Waals surface area contributed by atoms with E-state index in [0.29, 0.717) is 24.3 Å². The van der Waals surface area contributed by atoms with Crippen LogP contribution in [0.1, 0.15) is 63.9 Å². The van der Waals surface area contributed by atoms with Crippen LogP contribution in [0.2, 0.25) is 0 Å². The van der Waals surface area contributed by atoms with Crippen LogP contribution >= 0.6 is 0 Å². The molecule has 0 bridgehead atoms. The third kappa shape index (κ3) is 5.86. The van der Waals surface area contributed by atoms with E-state index in [1.807, 2.05) is 14.0 Å². The van der Waals surface area contributed by atoms with Crippen LogP contribution in [0, 0.1) is 17.8 Å². The van der Waals surface area contributed by atoms with Gasteiger partial charge in [0.15, 0.2) is 5.78 Å². The van der Waals surface area contributed by atoms with Crippen LogP contribution in [0.4, 0.5) is 0 Å². The molecule has 5 heteroatoms. The van der Waals surface area contributed by atoms with Gasteiger partial charge in [0.1, 0.15) is 0 Å². The number of hydrogen-bond donors (Lipinski definition) is 1. The van der Waals surface area contributed by atoms with Crippen LogP contribution in [0.15, 0.2) is 30.3 Å². The van der Waals surface area contributed by atoms with E-state index in [4.69, 9.17) is 0 Å². The lowest BCUT2D eigenvalue weighted by atomic mass is 9.76. The second-order valence-electron chi connectivity index (χ2n) is 10.6. The summed E-state index contributed by atoms with van der Waals surface area (Å²) >= 11 is 0. The van der Waals surface area contributed by atoms with Crippen molar-refractivity contribution < 1.29 is 9.59 Å². The molecule has 1 N–H and O–H groups in total. The summed E-state index contributed by atoms with van der Waals surface area (Å²) in [6.45, 7) is 6.07. The molecule has 1 aliphatic carbocycles. The van der Waals surface area contributed by atoms with Gasteiger partial charge in [-0.25, -0.2) is 0 Å². The number of nitrogens with zero attached hydrogens (tertiary/aromatic N) is 2. The van der Waals surface area contributed by atoms with Gasteiger partial charge in [0.05, 0.1) is 6.04 Å². The highest BCUT2D eigenvalue weighted by molar-refractivity contribution is 5.90. The molecule has 1 amide bonds. The quantitative estimate of drug-likeness (QED) is 0.584. The average Bonchev–Trinajstić information content (AvgIpc) is 3.43. The van der Waals surface area contributed by atoms with Gasteiger partial charge in [-0.1, -0.05) is 56.5 Å². The topological polar surface area (TPSA) is 52.7 Å². The number of fused-ring (bicyclic) bond motifs is 1. The maximum Gasteiger partial charge on any atom is 0.226 e. The fourth-order valence-electron chi connectivity index (χ4n) is 6.59. The number of Topliss-reactive ketones (excluding diaryl/α,β-unsaturated/α-hetero) is 1. The van der Waals surface area contributed by atoms with Crippen molar-refractivity contribution in [2.24, 2.45) is 17.8 Å². The predicted octanol–water partition coefficient (Wildman–Crippen LogP) is 3.92. The normalized spacial score (nSPS) is 25.7. The zero-order valence-electron chi connectivity index (χ0n) is 20.7. The molecule has 5 nitrogen and oxygen atoms in total. The van der Waals surface area contributed by atoms with Gasteiger partial charge >= 0.3 is 0 Å². The number of hydrogen-bond acceptors (Lipinski definition) is 4. The highest BCUT2D eigenvalue weighted by Crippen LogP contribution is 2.38. The van der Waals surface area contributed by atoms with Crippen LogP contribution in [0.5, 0.6) is 0 Å². The number of ketones is 1. The van der Waals surface area contributed by atoms with Crippen molar-refractivity contribution in [1.29, 1.82) is 0 Å². The largest absolute Gasteiger partial charge is 0.338 e. The van der Waals surface area contributed by atoms with Crippen molar-refractivity contribution in [1.82, 2.24) is 15.1 Å². The van der Waals surface area contributed by atoms with Crippen molar-refractivity contribution in [2.75, 3.05) is 33.2 Å². The highest BCUT2D eigenvalue weighted by Gasteiger charge is 2.46. The number of amides is 1. The van der Waals surface area contributed by atoms with Crippen LogP contribution in [0.3, 0.4) is 0 Å². The van der Waals surface area contributed by atoms with Crippen LogP contribution in [0.25, 0.3) is 0 Å². The lowest BCUT2D eigenvalue weighted by molar-refractivity contribution is -0.141. The van der Waals surface area contributed by atoms with E-state index in [2.05, 4.69) is 45.4 Å². The zero-order valence-corrected chi connectivity index (χ0v) is 20.7. The number of likely N-dealkylation sites (N-methyl/N-ethyl adjacent to an activating group) is 1. The third-order valence-electron chi connectivity index (χ3n) is 8.57. The Bertz CT molecular complexity index is 773. The molecule has 0 unspecified atom stereocenters. The number of likely N-dealkylation sites (tertiary alicyclic amines) is 2. The standard InChI is InChI=1S/C28H43N3O2/c1-3-25(29-2)27(32)18-24(22-12-8-5-9-13-22)28(33)31-17-15-23-19-30(20-26(23)31)16-14-21-10-6-4-7-11-21/h4,6-7,10-11,22-26,29H,3,5,8-9,12-20H2,1-2H3/t23-,24-,25-,26+/m0/s1. The molecule has 2 aliphatic heterocycles. The molecule has 33 heavy (non-hydrogen) atoms. The van der Waals surface area contributed by atoms with Gasteiger partial charge in [0, 0.05) is 44.6 Å². The summed E-state index contributed by atoms with van der Waals surface area (Å²) in [6.07, 6.45) is 9.24. The molecule has 182 valence electrons. The maximum absolute atomic E-state index is 13.9. The van der Waals surface area contributed by atoms with Crippen molar-refractivity contribution in [3.63, 3.8) is 0 Å². The predicted molar refractivity (Wildman–Crippen MR) is 133 cm³/mol. The molecule has 3 fully saturated rings. The van der Waals surface area contributed by atoms with Crippen molar-refractivity contribution in [2.45, 2.75) is 76.8 Å². The fourth-order valence-corrected chi connectivity index (χ4v) is 6.59. The second kappa shape index (κ2) is 11.6. The monoisotopic (exact) mass is 453 g/mol. The molecule has 0 spiro atoms. The summed E-state index contributed by atoms with van der Waals surface area (Å²) in [5.41, 5.74) is 1.38. The van der Waals surface area contributed by atoms with E-state index in [1.165, 1.54) is 24.8 Å². The van der Waals surface area contributed by atoms with Gasteiger partial charge in [-0.2, -0.15) is 0 Å². The Morgan fingerprint density at radius 2 is 1.82 bits per heavy atom. The van der Waals surface area contributed by atoms with E-state index in [0.717, 1.165) is 58.3 Å². The molecule has 1 aromatic rings. The summed E-state index contributed by atoms with van der Waals surface area (Å²) in [5.74, 6) is 1.33. The lowest BCUT2D eigenvalue weighted by Gasteiger charge is -2.35. The van der Waals surface area contributed by atoms with Gasteiger partial charge in [0.2, 0.25) is 5.91 Å². The van der Waals surface area contributed by atoms with E-state index in [-0.39, 0.29) is 23.7 Å².